The summed E-state index contributed by atoms with van der Waals surface area (Å²) >= 11 is 0. The zero-order chi connectivity index (χ0) is 13.7. The van der Waals surface area contributed by atoms with Crippen LogP contribution in [0.3, 0.4) is 0 Å². The number of nitrogens with zero attached hydrogens (tertiary/aromatic N) is 3. The Morgan fingerprint density at radius 2 is 1.53 bits per heavy atom. The van der Waals surface area contributed by atoms with Crippen molar-refractivity contribution in [2.24, 2.45) is 0 Å². The van der Waals surface area contributed by atoms with Gasteiger partial charge < -0.3 is 14.4 Å². The van der Waals surface area contributed by atoms with Crippen molar-refractivity contribution in [3.05, 3.63) is 42.2 Å². The summed E-state index contributed by atoms with van der Waals surface area (Å²) in [7, 11) is 5.21. The van der Waals surface area contributed by atoms with E-state index in [1.165, 1.54) is 5.56 Å². The minimum atomic E-state index is 0.654. The molecule has 0 unspecified atom stereocenters. The second-order valence-electron chi connectivity index (χ2n) is 4.13. The van der Waals surface area contributed by atoms with E-state index in [0.29, 0.717) is 11.7 Å². The summed E-state index contributed by atoms with van der Waals surface area (Å²) in [5.41, 5.74) is 1.17. The first-order valence-electron chi connectivity index (χ1n) is 5.93. The van der Waals surface area contributed by atoms with Crippen molar-refractivity contribution in [2.45, 2.75) is 6.54 Å². The summed E-state index contributed by atoms with van der Waals surface area (Å²) in [5, 5.41) is 0. The SMILES string of the molecule is COc1ccc(CN(C)c2ncc(OC)cn2)cc1. The predicted molar refractivity (Wildman–Crippen MR) is 73.7 cm³/mol. The van der Waals surface area contributed by atoms with E-state index in [-0.39, 0.29) is 0 Å². The summed E-state index contributed by atoms with van der Waals surface area (Å²) in [6.45, 7) is 0.732. The molecule has 1 aromatic carbocycles. The van der Waals surface area contributed by atoms with Crippen LogP contribution in [0.4, 0.5) is 5.95 Å². The van der Waals surface area contributed by atoms with Gasteiger partial charge in [-0.25, -0.2) is 9.97 Å². The van der Waals surface area contributed by atoms with Crippen LogP contribution in [0.15, 0.2) is 36.7 Å². The molecule has 0 fully saturated rings. The zero-order valence-electron chi connectivity index (χ0n) is 11.3. The van der Waals surface area contributed by atoms with E-state index in [2.05, 4.69) is 9.97 Å². The molecule has 1 heterocycles. The normalized spacial score (nSPS) is 10.1. The maximum Gasteiger partial charge on any atom is 0.225 e. The third-order valence-electron chi connectivity index (χ3n) is 2.77. The van der Waals surface area contributed by atoms with Crippen molar-refractivity contribution in [3.8, 4) is 11.5 Å². The maximum atomic E-state index is 5.13. The molecule has 5 nitrogen and oxygen atoms in total. The topological polar surface area (TPSA) is 47.5 Å². The van der Waals surface area contributed by atoms with Crippen LogP contribution in [-0.4, -0.2) is 31.2 Å². The van der Waals surface area contributed by atoms with Crippen LogP contribution in [0.1, 0.15) is 5.56 Å². The molecule has 5 heteroatoms. The lowest BCUT2D eigenvalue weighted by molar-refractivity contribution is 0.410. The van der Waals surface area contributed by atoms with Crippen LogP contribution >= 0.6 is 0 Å². The van der Waals surface area contributed by atoms with Crippen LogP contribution < -0.4 is 14.4 Å². The van der Waals surface area contributed by atoms with E-state index in [4.69, 9.17) is 9.47 Å². The van der Waals surface area contributed by atoms with E-state index in [1.807, 2.05) is 36.2 Å². The zero-order valence-corrected chi connectivity index (χ0v) is 11.3. The average Bonchev–Trinajstić information content (AvgIpc) is 2.48. The fourth-order valence-corrected chi connectivity index (χ4v) is 1.69. The first-order valence-corrected chi connectivity index (χ1v) is 5.93. The molecule has 0 saturated heterocycles. The Balaban J connectivity index is 2.04. The van der Waals surface area contributed by atoms with Crippen LogP contribution in [0.2, 0.25) is 0 Å². The van der Waals surface area contributed by atoms with Crippen LogP contribution in [0.5, 0.6) is 11.5 Å². The lowest BCUT2D eigenvalue weighted by Crippen LogP contribution is -2.18. The van der Waals surface area contributed by atoms with Gasteiger partial charge in [-0.2, -0.15) is 0 Å². The van der Waals surface area contributed by atoms with Crippen LogP contribution in [-0.2, 0) is 6.54 Å². The molecule has 2 aromatic rings. The first kappa shape index (κ1) is 13.1. The molecule has 0 radical (unpaired) electrons. The lowest BCUT2D eigenvalue weighted by atomic mass is 10.2. The van der Waals surface area contributed by atoms with Crippen molar-refractivity contribution in [2.75, 3.05) is 26.2 Å². The second-order valence-corrected chi connectivity index (χ2v) is 4.13. The molecule has 1 aromatic heterocycles. The van der Waals surface area contributed by atoms with Crippen LogP contribution in [0, 0.1) is 0 Å². The van der Waals surface area contributed by atoms with Gasteiger partial charge in [-0.1, -0.05) is 12.1 Å². The summed E-state index contributed by atoms with van der Waals surface area (Å²) in [5.74, 6) is 2.17. The first-order chi connectivity index (χ1) is 9.22. The number of methoxy groups -OCH3 is 2. The molecule has 0 spiro atoms. The fraction of sp³-hybridized carbons (Fsp3) is 0.286. The number of rotatable bonds is 5. The smallest absolute Gasteiger partial charge is 0.225 e. The highest BCUT2D eigenvalue weighted by atomic mass is 16.5. The Hall–Kier alpha value is -2.30. The third-order valence-corrected chi connectivity index (χ3v) is 2.77. The summed E-state index contributed by atoms with van der Waals surface area (Å²) in [6, 6.07) is 7.94. The Kier molecular flexibility index (Phi) is 4.18. The van der Waals surface area contributed by atoms with Crippen molar-refractivity contribution in [3.63, 3.8) is 0 Å². The Labute approximate surface area is 112 Å². The predicted octanol–water partition coefficient (Wildman–Crippen LogP) is 2.13. The van der Waals surface area contributed by atoms with E-state index >= 15 is 0 Å². The minimum absolute atomic E-state index is 0.654. The molecular formula is C14H17N3O2. The molecule has 0 aliphatic rings. The molecule has 2 rings (SSSR count). The molecule has 0 saturated carbocycles. The summed E-state index contributed by atoms with van der Waals surface area (Å²) in [6.07, 6.45) is 3.32. The van der Waals surface area contributed by atoms with Gasteiger partial charge >= 0.3 is 0 Å². The van der Waals surface area contributed by atoms with Gasteiger partial charge in [0.25, 0.3) is 0 Å². The van der Waals surface area contributed by atoms with Crippen molar-refractivity contribution >= 4 is 5.95 Å². The van der Waals surface area contributed by atoms with Gasteiger partial charge in [0.05, 0.1) is 26.6 Å². The third kappa shape index (κ3) is 3.34. The summed E-state index contributed by atoms with van der Waals surface area (Å²) < 4.78 is 10.2. The number of benzene rings is 1. The highest BCUT2D eigenvalue weighted by molar-refractivity contribution is 5.34. The number of aromatic nitrogens is 2. The minimum Gasteiger partial charge on any atom is -0.497 e. The van der Waals surface area contributed by atoms with Gasteiger partial charge in [0.2, 0.25) is 5.95 Å². The molecule has 0 N–H and O–H groups in total. The lowest BCUT2D eigenvalue weighted by Gasteiger charge is -2.17. The second kappa shape index (κ2) is 6.04. The molecular weight excluding hydrogens is 242 g/mol. The van der Waals surface area contributed by atoms with Crippen molar-refractivity contribution < 1.29 is 9.47 Å². The largest absolute Gasteiger partial charge is 0.497 e. The summed E-state index contributed by atoms with van der Waals surface area (Å²) in [4.78, 5) is 10.5. The van der Waals surface area contributed by atoms with Crippen LogP contribution in [0.25, 0.3) is 0 Å². The van der Waals surface area contributed by atoms with Gasteiger partial charge in [-0.3, -0.25) is 0 Å². The molecule has 0 aliphatic carbocycles. The van der Waals surface area contributed by atoms with E-state index in [1.54, 1.807) is 26.6 Å². The maximum absolute atomic E-state index is 5.13. The van der Waals surface area contributed by atoms with Crippen molar-refractivity contribution in [1.82, 2.24) is 9.97 Å². The van der Waals surface area contributed by atoms with Crippen molar-refractivity contribution in [1.29, 1.82) is 0 Å². The van der Waals surface area contributed by atoms with Gasteiger partial charge in [-0.15, -0.1) is 0 Å². The quantitative estimate of drug-likeness (QED) is 0.823. The molecule has 100 valence electrons. The van der Waals surface area contributed by atoms with E-state index < -0.39 is 0 Å². The number of ether oxygens (including phenoxy) is 2. The number of hydrogen-bond acceptors (Lipinski definition) is 5. The average molecular weight is 259 g/mol. The monoisotopic (exact) mass is 259 g/mol. The molecule has 0 bridgehead atoms. The van der Waals surface area contributed by atoms with E-state index in [0.717, 1.165) is 12.3 Å². The van der Waals surface area contributed by atoms with Gasteiger partial charge in [-0.05, 0) is 17.7 Å². The molecule has 0 atom stereocenters. The van der Waals surface area contributed by atoms with E-state index in [9.17, 15) is 0 Å². The molecule has 19 heavy (non-hydrogen) atoms. The van der Waals surface area contributed by atoms with Gasteiger partial charge in [0.15, 0.2) is 5.75 Å². The number of hydrogen-bond donors (Lipinski definition) is 0. The van der Waals surface area contributed by atoms with Gasteiger partial charge in [0.1, 0.15) is 5.75 Å². The Morgan fingerprint density at radius 1 is 0.947 bits per heavy atom. The Bertz CT molecular complexity index is 511. The number of anilines is 1. The standard InChI is InChI=1S/C14H17N3O2/c1-17(14-15-8-13(19-3)9-16-14)10-11-4-6-12(18-2)7-5-11/h4-9H,10H2,1-3H3. The highest BCUT2D eigenvalue weighted by Gasteiger charge is 2.05. The fourth-order valence-electron chi connectivity index (χ4n) is 1.69. The molecule has 0 aliphatic heterocycles. The molecule has 0 amide bonds. The Morgan fingerprint density at radius 3 is 2.05 bits per heavy atom. The highest BCUT2D eigenvalue weighted by Crippen LogP contribution is 2.15. The van der Waals surface area contributed by atoms with Gasteiger partial charge in [0, 0.05) is 13.6 Å².